The Kier molecular flexibility index (Phi) is 7.35. The molecule has 6 heterocycles. The number of imidazole rings is 2. The van der Waals surface area contributed by atoms with Gasteiger partial charge in [0.1, 0.15) is 30.6 Å². The van der Waals surface area contributed by atoms with Crippen LogP contribution in [0.15, 0.2) is 29.8 Å². The molecule has 1 fully saturated rings. The molecule has 6 atom stereocenters. The van der Waals surface area contributed by atoms with Crippen molar-refractivity contribution in [2.24, 2.45) is 0 Å². The van der Waals surface area contributed by atoms with Crippen LogP contribution in [-0.2, 0) is 52.4 Å². The molecule has 1 saturated heterocycles. The van der Waals surface area contributed by atoms with E-state index in [-0.39, 0.29) is 53.1 Å². The number of nitrogens with zero attached hydrogens (tertiary/aromatic N) is 7. The second kappa shape index (κ2) is 10.6. The van der Waals surface area contributed by atoms with Crippen molar-refractivity contribution in [1.82, 2.24) is 39.0 Å². The Labute approximate surface area is 244 Å². The summed E-state index contributed by atoms with van der Waals surface area (Å²) in [5.41, 5.74) is 11.2. The Morgan fingerprint density at radius 1 is 1.21 bits per heavy atom. The number of aromatic nitrogens is 8. The van der Waals surface area contributed by atoms with Gasteiger partial charge in [0.05, 0.1) is 12.9 Å². The summed E-state index contributed by atoms with van der Waals surface area (Å²) < 4.78 is 59.8. The molecule has 2 unspecified atom stereocenters. The molecule has 18 nitrogen and oxygen atoms in total. The Morgan fingerprint density at radius 3 is 2.79 bits per heavy atom. The topological polar surface area (TPSA) is 243 Å². The van der Waals surface area contributed by atoms with Crippen molar-refractivity contribution in [3.63, 3.8) is 0 Å². The van der Waals surface area contributed by atoms with Gasteiger partial charge in [-0.25, -0.2) is 28.9 Å². The largest absolute Gasteiger partial charge is 0.426 e. The zero-order valence-corrected chi connectivity index (χ0v) is 24.5. The lowest BCUT2D eigenvalue weighted by molar-refractivity contribution is -0.0292. The number of H-pyrrole nitrogens is 1. The highest BCUT2D eigenvalue weighted by Crippen LogP contribution is 2.58. The molecule has 6 N–H and O–H groups in total. The minimum Gasteiger partial charge on any atom is -0.426 e. The summed E-state index contributed by atoms with van der Waals surface area (Å²) >= 11 is 9.14. The average molecular weight is 663 g/mol. The van der Waals surface area contributed by atoms with E-state index in [1.54, 1.807) is 0 Å². The third kappa shape index (κ3) is 5.31. The van der Waals surface area contributed by atoms with E-state index in [0.29, 0.717) is 0 Å². The number of rotatable bonds is 1. The van der Waals surface area contributed by atoms with Crippen molar-refractivity contribution >= 4 is 71.7 Å². The van der Waals surface area contributed by atoms with Crippen LogP contribution in [0.5, 0.6) is 0 Å². The molecule has 2 bridgehead atoms. The van der Waals surface area contributed by atoms with E-state index in [1.165, 1.54) is 10.9 Å². The molecule has 2 aliphatic heterocycles. The number of ether oxygens (including phenoxy) is 1. The van der Waals surface area contributed by atoms with Crippen LogP contribution >= 0.6 is 25.8 Å². The summed E-state index contributed by atoms with van der Waals surface area (Å²) in [5.74, 6) is -0.489. The lowest BCUT2D eigenvalue weighted by Crippen LogP contribution is -2.31. The van der Waals surface area contributed by atoms with Gasteiger partial charge in [0.15, 0.2) is 46.6 Å². The van der Waals surface area contributed by atoms with Crippen LogP contribution in [0.1, 0.15) is 12.1 Å². The normalized spacial score (nSPS) is 31.0. The van der Waals surface area contributed by atoms with E-state index < -0.39 is 56.0 Å². The fourth-order valence-electron chi connectivity index (χ4n) is 4.49. The molecule has 0 aromatic carbocycles. The molecule has 0 spiro atoms. The number of anilines is 2. The van der Waals surface area contributed by atoms with Gasteiger partial charge in [-0.15, -0.1) is 0 Å². The minimum atomic E-state index is -4.39. The quantitative estimate of drug-likeness (QED) is 0.141. The number of nitrogens with two attached hydrogens (primary N) is 2. The summed E-state index contributed by atoms with van der Waals surface area (Å²) in [4.78, 5) is 45.8. The van der Waals surface area contributed by atoms with E-state index in [2.05, 4.69) is 48.7 Å². The van der Waals surface area contributed by atoms with Crippen LogP contribution in [0, 0.1) is 0 Å². The van der Waals surface area contributed by atoms with Crippen molar-refractivity contribution in [3.8, 4) is 0 Å². The highest BCUT2D eigenvalue weighted by atomic mass is 32.7. The second-order valence-corrected chi connectivity index (χ2v) is 14.6. The molecule has 0 saturated carbocycles. The lowest BCUT2D eigenvalue weighted by atomic mass is 10.1. The average Bonchev–Trinajstić information content (AvgIpc) is 3.57. The van der Waals surface area contributed by atoms with Crippen molar-refractivity contribution in [1.29, 1.82) is 0 Å². The predicted molar refractivity (Wildman–Crippen MR) is 150 cm³/mol. The fraction of sp³-hybridized carbons (Fsp3) is 0.368. The Morgan fingerprint density at radius 2 is 2.00 bits per heavy atom. The van der Waals surface area contributed by atoms with E-state index in [4.69, 9.17) is 46.1 Å². The van der Waals surface area contributed by atoms with E-state index in [9.17, 15) is 14.3 Å². The Bertz CT molecular complexity index is 1890. The van der Waals surface area contributed by atoms with E-state index in [1.807, 2.05) is 0 Å². The van der Waals surface area contributed by atoms with Crippen LogP contribution < -0.4 is 17.0 Å². The lowest BCUT2D eigenvalue weighted by Gasteiger charge is -2.23. The third-order valence-corrected chi connectivity index (χ3v) is 9.37. The molecule has 4 aromatic heterocycles. The maximum absolute atomic E-state index is 16.0. The first-order valence-electron chi connectivity index (χ1n) is 11.8. The fourth-order valence-corrected chi connectivity index (χ4v) is 7.13. The Balaban J connectivity index is 1.41. The third-order valence-electron chi connectivity index (χ3n) is 6.27. The van der Waals surface area contributed by atoms with Gasteiger partial charge in [0.2, 0.25) is 5.95 Å². The smallest absolute Gasteiger partial charge is 0.387 e. The number of alkyl halides is 1. The number of nitrogen functional groups attached to an aromatic ring is 2. The van der Waals surface area contributed by atoms with Gasteiger partial charge in [-0.2, -0.15) is 4.98 Å². The highest BCUT2D eigenvalue weighted by Gasteiger charge is 2.52. The van der Waals surface area contributed by atoms with Crippen molar-refractivity contribution < 1.29 is 36.7 Å². The summed E-state index contributed by atoms with van der Waals surface area (Å²) in [6.07, 6.45) is -4.66. The molecule has 0 aliphatic carbocycles. The molecule has 0 radical (unpaired) electrons. The van der Waals surface area contributed by atoms with E-state index in [0.717, 1.165) is 10.9 Å². The zero-order valence-electron chi connectivity index (χ0n) is 21.0. The molecule has 2 aliphatic rings. The molecule has 0 amide bonds. The van der Waals surface area contributed by atoms with Crippen LogP contribution in [0.4, 0.5) is 16.2 Å². The van der Waals surface area contributed by atoms with Gasteiger partial charge in [0.25, 0.3) is 5.56 Å². The SMILES string of the molecule is C=C1OP(O)(=S)OCCn2c(nc3c(N)ncnc32)COP(=O)(S)O[C@@H]2[C@@H](F)[C@@H]1O[C@H]2n1cnc2c(=O)[nH]c(N)nc21. The van der Waals surface area contributed by atoms with Crippen LogP contribution in [-0.4, -0.2) is 68.9 Å². The molecular weight excluding hydrogens is 641 g/mol. The molecule has 224 valence electrons. The summed E-state index contributed by atoms with van der Waals surface area (Å²) in [6.45, 7) is -5.47. The first kappa shape index (κ1) is 29.1. The molecule has 6 rings (SSSR count). The number of nitrogens with one attached hydrogen (secondary N) is 1. The standard InChI is InChI=1S/C19H21FN10O8P2S2/c1-7-12-9(20)13(18(36-12)30-6-25-11-16(30)27-19(22)28-17(11)31)38-40(33,42)35-4-8-26-10-14(21)23-5-24-15(10)29(8)2-3-34-39(32,41)37-7/h5-6,9,12-13,18H,1-4H2,(H,32,41)(H,33,42)(H2,21,23,24)(H3,22,27,28,31)/t9-,12+,13+,18+,39?,40?/m0/s1. The number of halogens is 1. The number of fused-ring (bicyclic) bond motifs is 6. The van der Waals surface area contributed by atoms with Crippen molar-refractivity contribution in [2.75, 3.05) is 18.1 Å². The number of thiol groups is 1. The molecule has 4 aromatic rings. The first-order chi connectivity index (χ1) is 19.8. The van der Waals surface area contributed by atoms with Gasteiger partial charge in [-0.05, 0) is 0 Å². The van der Waals surface area contributed by atoms with Crippen molar-refractivity contribution in [3.05, 3.63) is 41.2 Å². The van der Waals surface area contributed by atoms with E-state index >= 15 is 4.39 Å². The van der Waals surface area contributed by atoms with Gasteiger partial charge in [-0.1, -0.05) is 18.8 Å². The maximum atomic E-state index is 16.0. The zero-order chi connectivity index (χ0) is 30.0. The van der Waals surface area contributed by atoms with Gasteiger partial charge in [0, 0.05) is 18.4 Å². The first-order valence-corrected chi connectivity index (χ1v) is 17.1. The van der Waals surface area contributed by atoms with Crippen molar-refractivity contribution in [2.45, 2.75) is 37.8 Å². The molecule has 23 heteroatoms. The minimum absolute atomic E-state index is 0.0114. The summed E-state index contributed by atoms with van der Waals surface area (Å²) in [5, 5.41) is 0. The van der Waals surface area contributed by atoms with Gasteiger partial charge < -0.3 is 30.2 Å². The monoisotopic (exact) mass is 662 g/mol. The van der Waals surface area contributed by atoms with Crippen LogP contribution in [0.3, 0.4) is 0 Å². The van der Waals surface area contributed by atoms with Gasteiger partial charge in [-0.3, -0.25) is 27.9 Å². The predicted octanol–water partition coefficient (Wildman–Crippen LogP) is 1.08. The summed E-state index contributed by atoms with van der Waals surface area (Å²) in [6, 6.07) is 0. The number of hydrogen-bond acceptors (Lipinski definition) is 15. The Hall–Kier alpha value is -3.00. The number of aromatic amines is 1. The molecule has 42 heavy (non-hydrogen) atoms. The maximum Gasteiger partial charge on any atom is 0.387 e. The number of hydrogen-bond donors (Lipinski definition) is 5. The highest BCUT2D eigenvalue weighted by molar-refractivity contribution is 8.44. The second-order valence-electron chi connectivity index (χ2n) is 8.95. The van der Waals surface area contributed by atoms with Gasteiger partial charge >= 0.3 is 13.5 Å². The van der Waals surface area contributed by atoms with Crippen LogP contribution in [0.2, 0.25) is 0 Å². The summed E-state index contributed by atoms with van der Waals surface area (Å²) in [7, 11) is 0. The van der Waals surface area contributed by atoms with Crippen LogP contribution in [0.25, 0.3) is 22.3 Å². The molecular formula is C19H21FN10O8P2S2.